The SMILES string of the molecule is CCCCCNc1nc(C)c(Cc2ccccc2)c(=O)[nH]1. The summed E-state index contributed by atoms with van der Waals surface area (Å²) >= 11 is 0. The van der Waals surface area contributed by atoms with Crippen LogP contribution in [-0.4, -0.2) is 16.5 Å². The molecule has 4 nitrogen and oxygen atoms in total. The lowest BCUT2D eigenvalue weighted by Gasteiger charge is -2.09. The second-order valence-electron chi connectivity index (χ2n) is 5.27. The number of benzene rings is 1. The fraction of sp³-hybridized carbons (Fsp3) is 0.412. The highest BCUT2D eigenvalue weighted by molar-refractivity contribution is 5.32. The van der Waals surface area contributed by atoms with Crippen molar-refractivity contribution >= 4 is 5.95 Å². The Morgan fingerprint density at radius 1 is 1.19 bits per heavy atom. The van der Waals surface area contributed by atoms with Crippen molar-refractivity contribution in [2.45, 2.75) is 39.5 Å². The van der Waals surface area contributed by atoms with Gasteiger partial charge in [0.05, 0.1) is 5.69 Å². The molecule has 0 saturated carbocycles. The number of H-pyrrole nitrogens is 1. The van der Waals surface area contributed by atoms with E-state index in [0.717, 1.165) is 29.8 Å². The summed E-state index contributed by atoms with van der Waals surface area (Å²) in [6.45, 7) is 4.90. The van der Waals surface area contributed by atoms with E-state index in [0.29, 0.717) is 12.4 Å². The monoisotopic (exact) mass is 285 g/mol. The first-order valence-electron chi connectivity index (χ1n) is 7.58. The first kappa shape index (κ1) is 15.3. The van der Waals surface area contributed by atoms with Crippen molar-refractivity contribution in [1.82, 2.24) is 9.97 Å². The Labute approximate surface area is 125 Å². The van der Waals surface area contributed by atoms with E-state index in [2.05, 4.69) is 22.2 Å². The van der Waals surface area contributed by atoms with Crippen molar-refractivity contribution in [3.63, 3.8) is 0 Å². The summed E-state index contributed by atoms with van der Waals surface area (Å²) in [6, 6.07) is 9.99. The molecule has 0 amide bonds. The Morgan fingerprint density at radius 3 is 2.62 bits per heavy atom. The smallest absolute Gasteiger partial charge is 0.256 e. The molecular weight excluding hydrogens is 262 g/mol. The third-order valence-corrected chi connectivity index (χ3v) is 3.52. The van der Waals surface area contributed by atoms with Crippen LogP contribution < -0.4 is 10.9 Å². The number of aromatic amines is 1. The van der Waals surface area contributed by atoms with Crippen LogP contribution in [-0.2, 0) is 6.42 Å². The highest BCUT2D eigenvalue weighted by Crippen LogP contribution is 2.09. The van der Waals surface area contributed by atoms with Gasteiger partial charge >= 0.3 is 0 Å². The molecule has 1 aromatic heterocycles. The van der Waals surface area contributed by atoms with Gasteiger partial charge in [-0.25, -0.2) is 4.98 Å². The molecule has 0 unspecified atom stereocenters. The van der Waals surface area contributed by atoms with Gasteiger partial charge in [0.1, 0.15) is 0 Å². The zero-order valence-electron chi connectivity index (χ0n) is 12.8. The minimum Gasteiger partial charge on any atom is -0.356 e. The zero-order valence-corrected chi connectivity index (χ0v) is 12.8. The molecule has 0 spiro atoms. The van der Waals surface area contributed by atoms with Gasteiger partial charge < -0.3 is 5.32 Å². The number of aryl methyl sites for hydroxylation is 1. The van der Waals surface area contributed by atoms with Gasteiger partial charge in [-0.2, -0.15) is 0 Å². The number of aromatic nitrogens is 2. The van der Waals surface area contributed by atoms with Crippen LogP contribution in [0, 0.1) is 6.92 Å². The standard InChI is InChI=1S/C17H23N3O/c1-3-4-8-11-18-17-19-13(2)15(16(21)20-17)12-14-9-6-5-7-10-14/h5-7,9-10H,3-4,8,11-12H2,1-2H3,(H2,18,19,20,21). The third kappa shape index (κ3) is 4.45. The van der Waals surface area contributed by atoms with Crippen molar-refractivity contribution in [2.75, 3.05) is 11.9 Å². The Morgan fingerprint density at radius 2 is 1.95 bits per heavy atom. The summed E-state index contributed by atoms with van der Waals surface area (Å²) in [5.41, 5.74) is 2.60. The fourth-order valence-corrected chi connectivity index (χ4v) is 2.28. The molecule has 2 N–H and O–H groups in total. The first-order chi connectivity index (χ1) is 10.2. The second-order valence-corrected chi connectivity index (χ2v) is 5.27. The van der Waals surface area contributed by atoms with Crippen molar-refractivity contribution in [3.05, 3.63) is 57.5 Å². The number of rotatable bonds is 7. The summed E-state index contributed by atoms with van der Waals surface area (Å²) in [4.78, 5) is 19.5. The van der Waals surface area contributed by atoms with E-state index in [-0.39, 0.29) is 5.56 Å². The predicted molar refractivity (Wildman–Crippen MR) is 86.9 cm³/mol. The maximum Gasteiger partial charge on any atom is 0.256 e. The van der Waals surface area contributed by atoms with E-state index in [4.69, 9.17) is 0 Å². The van der Waals surface area contributed by atoms with Crippen LogP contribution in [0.25, 0.3) is 0 Å². The van der Waals surface area contributed by atoms with Crippen LogP contribution in [0.5, 0.6) is 0 Å². The highest BCUT2D eigenvalue weighted by atomic mass is 16.1. The maximum absolute atomic E-state index is 12.2. The number of nitrogens with zero attached hydrogens (tertiary/aromatic N) is 1. The maximum atomic E-state index is 12.2. The normalized spacial score (nSPS) is 10.6. The summed E-state index contributed by atoms with van der Waals surface area (Å²) in [5.74, 6) is 0.574. The number of hydrogen-bond donors (Lipinski definition) is 2. The molecule has 0 aliphatic carbocycles. The van der Waals surface area contributed by atoms with Crippen LogP contribution in [0.2, 0.25) is 0 Å². The minimum absolute atomic E-state index is 0.0515. The molecule has 2 rings (SSSR count). The molecule has 0 aliphatic heterocycles. The molecule has 0 atom stereocenters. The van der Waals surface area contributed by atoms with E-state index in [1.54, 1.807) is 0 Å². The Balaban J connectivity index is 2.08. The molecule has 2 aromatic rings. The van der Waals surface area contributed by atoms with Gasteiger partial charge in [0.2, 0.25) is 5.95 Å². The third-order valence-electron chi connectivity index (χ3n) is 3.52. The van der Waals surface area contributed by atoms with Gasteiger partial charge in [-0.3, -0.25) is 9.78 Å². The van der Waals surface area contributed by atoms with Crippen LogP contribution >= 0.6 is 0 Å². The molecule has 1 aromatic carbocycles. The van der Waals surface area contributed by atoms with Crippen molar-refractivity contribution in [1.29, 1.82) is 0 Å². The Hall–Kier alpha value is -2.10. The largest absolute Gasteiger partial charge is 0.356 e. The van der Waals surface area contributed by atoms with Crippen LogP contribution in [0.15, 0.2) is 35.1 Å². The second kappa shape index (κ2) is 7.62. The van der Waals surface area contributed by atoms with E-state index < -0.39 is 0 Å². The van der Waals surface area contributed by atoms with Gasteiger partial charge in [0.15, 0.2) is 0 Å². The number of nitrogens with one attached hydrogen (secondary N) is 2. The lowest BCUT2D eigenvalue weighted by molar-refractivity contribution is 0.739. The van der Waals surface area contributed by atoms with Crippen LogP contribution in [0.3, 0.4) is 0 Å². The molecule has 1 heterocycles. The molecule has 0 bridgehead atoms. The Bertz CT molecular complexity index is 620. The zero-order chi connectivity index (χ0) is 15.1. The minimum atomic E-state index is -0.0515. The quantitative estimate of drug-likeness (QED) is 0.768. The molecule has 0 saturated heterocycles. The summed E-state index contributed by atoms with van der Waals surface area (Å²) in [7, 11) is 0. The molecule has 21 heavy (non-hydrogen) atoms. The Kier molecular flexibility index (Phi) is 5.55. The lowest BCUT2D eigenvalue weighted by atomic mass is 10.1. The topological polar surface area (TPSA) is 57.8 Å². The van der Waals surface area contributed by atoms with Crippen molar-refractivity contribution in [2.24, 2.45) is 0 Å². The summed E-state index contributed by atoms with van der Waals surface area (Å²) in [6.07, 6.45) is 4.07. The molecule has 4 heteroatoms. The summed E-state index contributed by atoms with van der Waals surface area (Å²) < 4.78 is 0. The summed E-state index contributed by atoms with van der Waals surface area (Å²) in [5, 5.41) is 3.19. The highest BCUT2D eigenvalue weighted by Gasteiger charge is 2.08. The number of hydrogen-bond acceptors (Lipinski definition) is 3. The molecule has 0 aliphatic rings. The van der Waals surface area contributed by atoms with Gasteiger partial charge in [-0.05, 0) is 18.9 Å². The van der Waals surface area contributed by atoms with Crippen molar-refractivity contribution < 1.29 is 0 Å². The van der Waals surface area contributed by atoms with Crippen LogP contribution in [0.1, 0.15) is 43.0 Å². The number of anilines is 1. The molecule has 112 valence electrons. The lowest BCUT2D eigenvalue weighted by Crippen LogP contribution is -2.20. The number of unbranched alkanes of at least 4 members (excludes halogenated alkanes) is 2. The van der Waals surface area contributed by atoms with E-state index in [9.17, 15) is 4.79 Å². The van der Waals surface area contributed by atoms with E-state index in [1.807, 2.05) is 37.3 Å². The predicted octanol–water partition coefficient (Wildman–Crippen LogP) is 3.27. The molecule has 0 fully saturated rings. The van der Waals surface area contributed by atoms with Gasteiger partial charge in [0, 0.05) is 18.5 Å². The first-order valence-corrected chi connectivity index (χ1v) is 7.58. The van der Waals surface area contributed by atoms with Gasteiger partial charge in [-0.1, -0.05) is 50.1 Å². The average molecular weight is 285 g/mol. The van der Waals surface area contributed by atoms with Gasteiger partial charge in [0.25, 0.3) is 5.56 Å². The van der Waals surface area contributed by atoms with Gasteiger partial charge in [-0.15, -0.1) is 0 Å². The molecular formula is C17H23N3O. The van der Waals surface area contributed by atoms with Crippen LogP contribution in [0.4, 0.5) is 5.95 Å². The van der Waals surface area contributed by atoms with E-state index >= 15 is 0 Å². The average Bonchev–Trinajstić information content (AvgIpc) is 2.48. The molecule has 0 radical (unpaired) electrons. The fourth-order valence-electron chi connectivity index (χ4n) is 2.28. The van der Waals surface area contributed by atoms with E-state index in [1.165, 1.54) is 12.8 Å². The van der Waals surface area contributed by atoms with Crippen molar-refractivity contribution in [3.8, 4) is 0 Å².